The first-order chi connectivity index (χ1) is 6.57. The molecule has 1 atom stereocenters. The molecule has 0 bridgehead atoms. The highest BCUT2D eigenvalue weighted by Crippen LogP contribution is 2.31. The van der Waals surface area contributed by atoms with Crippen LogP contribution in [0.4, 0.5) is 0 Å². The van der Waals surface area contributed by atoms with E-state index in [1.165, 1.54) is 0 Å². The molecular weight excluding hydrogens is 176 g/mol. The number of nitriles is 1. The van der Waals surface area contributed by atoms with Gasteiger partial charge in [-0.05, 0) is 11.5 Å². The Labute approximate surface area is 83.8 Å². The minimum absolute atomic E-state index is 0.150. The Morgan fingerprint density at radius 2 is 1.93 bits per heavy atom. The van der Waals surface area contributed by atoms with Crippen LogP contribution < -0.4 is 5.73 Å². The average molecular weight is 190 g/mol. The first kappa shape index (κ1) is 10.6. The molecule has 0 spiro atoms. The van der Waals surface area contributed by atoms with Crippen LogP contribution in [0.5, 0.6) is 5.75 Å². The van der Waals surface area contributed by atoms with Crippen LogP contribution in [-0.2, 0) is 0 Å². The van der Waals surface area contributed by atoms with E-state index in [-0.39, 0.29) is 11.7 Å². The van der Waals surface area contributed by atoms with E-state index < -0.39 is 6.04 Å². The number of nitrogens with two attached hydrogens (primary N) is 1. The van der Waals surface area contributed by atoms with Crippen LogP contribution in [0, 0.1) is 11.3 Å². The Hall–Kier alpha value is -1.53. The number of rotatable bonds is 2. The molecule has 0 radical (unpaired) electrons. The Morgan fingerprint density at radius 1 is 1.36 bits per heavy atom. The molecule has 0 unspecified atom stereocenters. The number of para-hydroxylation sites is 1. The zero-order valence-electron chi connectivity index (χ0n) is 8.36. The fourth-order valence-corrected chi connectivity index (χ4v) is 1.37. The highest BCUT2D eigenvalue weighted by Gasteiger charge is 2.14. The van der Waals surface area contributed by atoms with Crippen molar-refractivity contribution in [2.24, 2.45) is 5.73 Å². The Balaban J connectivity index is 3.22. The molecule has 3 N–H and O–H groups in total. The fourth-order valence-electron chi connectivity index (χ4n) is 1.37. The first-order valence-corrected chi connectivity index (χ1v) is 4.55. The third-order valence-corrected chi connectivity index (χ3v) is 2.19. The molecule has 1 aromatic carbocycles. The van der Waals surface area contributed by atoms with Gasteiger partial charge in [0.05, 0.1) is 6.07 Å². The van der Waals surface area contributed by atoms with Gasteiger partial charge in [-0.2, -0.15) is 5.26 Å². The predicted octanol–water partition coefficient (Wildman–Crippen LogP) is 2.04. The standard InChI is InChI=1S/C11H14N2O/c1-7(2)8-4-3-5-9(11(8)14)10(13)6-12/h3-5,7,10,14H,13H2,1-2H3/t10-/m1/s1. The monoisotopic (exact) mass is 190 g/mol. The summed E-state index contributed by atoms with van der Waals surface area (Å²) in [6, 6.07) is 6.47. The van der Waals surface area contributed by atoms with E-state index in [9.17, 15) is 5.11 Å². The predicted molar refractivity (Wildman–Crippen MR) is 54.7 cm³/mol. The van der Waals surface area contributed by atoms with Crippen molar-refractivity contribution in [2.75, 3.05) is 0 Å². The molecule has 0 amide bonds. The van der Waals surface area contributed by atoms with Crippen molar-refractivity contribution in [3.05, 3.63) is 29.3 Å². The van der Waals surface area contributed by atoms with Crippen LogP contribution in [0.25, 0.3) is 0 Å². The summed E-state index contributed by atoms with van der Waals surface area (Å²) in [6.07, 6.45) is 0. The molecule has 0 heterocycles. The van der Waals surface area contributed by atoms with Gasteiger partial charge in [-0.15, -0.1) is 0 Å². The quantitative estimate of drug-likeness (QED) is 0.749. The molecule has 0 saturated heterocycles. The highest BCUT2D eigenvalue weighted by molar-refractivity contribution is 5.45. The summed E-state index contributed by atoms with van der Waals surface area (Å²) in [4.78, 5) is 0. The maximum absolute atomic E-state index is 9.83. The van der Waals surface area contributed by atoms with Crippen molar-refractivity contribution in [3.8, 4) is 11.8 Å². The van der Waals surface area contributed by atoms with E-state index in [0.29, 0.717) is 5.56 Å². The number of aromatic hydroxyl groups is 1. The second-order valence-corrected chi connectivity index (χ2v) is 3.55. The normalized spacial score (nSPS) is 12.5. The van der Waals surface area contributed by atoms with Crippen LogP contribution in [0.2, 0.25) is 0 Å². The Bertz CT molecular complexity index is 366. The largest absolute Gasteiger partial charge is 0.507 e. The van der Waals surface area contributed by atoms with Gasteiger partial charge in [0, 0.05) is 5.56 Å². The SMILES string of the molecule is CC(C)c1cccc([C@H](N)C#N)c1O. The van der Waals surface area contributed by atoms with Crippen molar-refractivity contribution in [1.82, 2.24) is 0 Å². The van der Waals surface area contributed by atoms with Crippen LogP contribution in [0.3, 0.4) is 0 Å². The van der Waals surface area contributed by atoms with E-state index in [2.05, 4.69) is 0 Å². The lowest BCUT2D eigenvalue weighted by Gasteiger charge is -2.13. The summed E-state index contributed by atoms with van der Waals surface area (Å²) in [5, 5.41) is 18.5. The van der Waals surface area contributed by atoms with Crippen LogP contribution in [-0.4, -0.2) is 5.11 Å². The van der Waals surface area contributed by atoms with Gasteiger partial charge in [0.1, 0.15) is 11.8 Å². The molecule has 3 heteroatoms. The summed E-state index contributed by atoms with van der Waals surface area (Å²) in [5.41, 5.74) is 6.87. The minimum atomic E-state index is -0.756. The number of benzene rings is 1. The van der Waals surface area contributed by atoms with Gasteiger partial charge in [-0.25, -0.2) is 0 Å². The molecule has 0 aliphatic carbocycles. The van der Waals surface area contributed by atoms with Crippen molar-refractivity contribution >= 4 is 0 Å². The van der Waals surface area contributed by atoms with E-state index >= 15 is 0 Å². The number of hydrogen-bond acceptors (Lipinski definition) is 3. The Morgan fingerprint density at radius 3 is 2.43 bits per heavy atom. The molecule has 14 heavy (non-hydrogen) atoms. The third-order valence-electron chi connectivity index (χ3n) is 2.19. The number of hydrogen-bond donors (Lipinski definition) is 2. The van der Waals surface area contributed by atoms with E-state index in [1.807, 2.05) is 32.0 Å². The molecule has 74 valence electrons. The van der Waals surface area contributed by atoms with Gasteiger partial charge in [0.15, 0.2) is 0 Å². The van der Waals surface area contributed by atoms with Crippen molar-refractivity contribution < 1.29 is 5.11 Å². The number of phenols is 1. The zero-order chi connectivity index (χ0) is 10.7. The van der Waals surface area contributed by atoms with Crippen molar-refractivity contribution in [3.63, 3.8) is 0 Å². The van der Waals surface area contributed by atoms with Crippen LogP contribution >= 0.6 is 0 Å². The highest BCUT2D eigenvalue weighted by atomic mass is 16.3. The topological polar surface area (TPSA) is 70.0 Å². The number of phenolic OH excluding ortho intramolecular Hbond substituents is 1. The van der Waals surface area contributed by atoms with Crippen molar-refractivity contribution in [1.29, 1.82) is 5.26 Å². The molecule has 0 aromatic heterocycles. The second kappa shape index (κ2) is 4.12. The van der Waals surface area contributed by atoms with Gasteiger partial charge in [0.2, 0.25) is 0 Å². The van der Waals surface area contributed by atoms with Crippen molar-refractivity contribution in [2.45, 2.75) is 25.8 Å². The summed E-state index contributed by atoms with van der Waals surface area (Å²) in [7, 11) is 0. The number of nitrogens with zero attached hydrogens (tertiary/aromatic N) is 1. The summed E-state index contributed by atoms with van der Waals surface area (Å²) in [6.45, 7) is 3.97. The fraction of sp³-hybridized carbons (Fsp3) is 0.364. The maximum atomic E-state index is 9.83. The van der Waals surface area contributed by atoms with Crippen LogP contribution in [0.1, 0.15) is 36.9 Å². The lowest BCUT2D eigenvalue weighted by molar-refractivity contribution is 0.456. The lowest BCUT2D eigenvalue weighted by atomic mass is 9.96. The first-order valence-electron chi connectivity index (χ1n) is 4.55. The van der Waals surface area contributed by atoms with E-state index in [4.69, 9.17) is 11.0 Å². The van der Waals surface area contributed by atoms with Gasteiger partial charge in [-0.1, -0.05) is 32.0 Å². The molecule has 0 fully saturated rings. The average Bonchev–Trinajstić information content (AvgIpc) is 2.16. The molecule has 1 rings (SSSR count). The second-order valence-electron chi connectivity index (χ2n) is 3.55. The molecular formula is C11H14N2O. The van der Waals surface area contributed by atoms with Gasteiger partial charge >= 0.3 is 0 Å². The molecule has 0 saturated carbocycles. The van der Waals surface area contributed by atoms with E-state index in [0.717, 1.165) is 5.56 Å². The molecule has 0 aliphatic rings. The molecule has 0 aliphatic heterocycles. The summed E-state index contributed by atoms with van der Waals surface area (Å²) < 4.78 is 0. The summed E-state index contributed by atoms with van der Waals surface area (Å²) >= 11 is 0. The van der Waals surface area contributed by atoms with Gasteiger partial charge in [-0.3, -0.25) is 0 Å². The molecule has 1 aromatic rings. The lowest BCUT2D eigenvalue weighted by Crippen LogP contribution is -2.08. The molecule has 3 nitrogen and oxygen atoms in total. The maximum Gasteiger partial charge on any atom is 0.124 e. The zero-order valence-corrected chi connectivity index (χ0v) is 8.36. The summed E-state index contributed by atoms with van der Waals surface area (Å²) in [5.74, 6) is 0.373. The third kappa shape index (κ3) is 1.86. The minimum Gasteiger partial charge on any atom is -0.507 e. The van der Waals surface area contributed by atoms with E-state index in [1.54, 1.807) is 6.07 Å². The van der Waals surface area contributed by atoms with Gasteiger partial charge < -0.3 is 10.8 Å². The van der Waals surface area contributed by atoms with Gasteiger partial charge in [0.25, 0.3) is 0 Å². The smallest absolute Gasteiger partial charge is 0.124 e. The Kier molecular flexibility index (Phi) is 3.10. The van der Waals surface area contributed by atoms with Crippen LogP contribution in [0.15, 0.2) is 18.2 Å².